The highest BCUT2D eigenvalue weighted by molar-refractivity contribution is 5.89. The van der Waals surface area contributed by atoms with Crippen molar-refractivity contribution in [2.45, 2.75) is 40.2 Å². The maximum atomic E-state index is 12.1. The highest BCUT2D eigenvalue weighted by Gasteiger charge is 2.26. The van der Waals surface area contributed by atoms with Crippen LogP contribution in [-0.2, 0) is 11.8 Å². The fourth-order valence-corrected chi connectivity index (χ4v) is 1.73. The van der Waals surface area contributed by atoms with Crippen LogP contribution in [0.15, 0.2) is 0 Å². The first kappa shape index (κ1) is 15.2. The molecule has 0 fully saturated rings. The van der Waals surface area contributed by atoms with Gasteiger partial charge in [0.25, 0.3) is 0 Å². The van der Waals surface area contributed by atoms with E-state index in [0.717, 1.165) is 6.29 Å². The number of carbonyl (C=O) groups is 2. The van der Waals surface area contributed by atoms with Gasteiger partial charge in [-0.25, -0.2) is 4.79 Å². The van der Waals surface area contributed by atoms with E-state index >= 15 is 0 Å². The van der Waals surface area contributed by atoms with Gasteiger partial charge in [-0.2, -0.15) is 5.10 Å². The van der Waals surface area contributed by atoms with Gasteiger partial charge in [0.1, 0.15) is 11.3 Å². The van der Waals surface area contributed by atoms with E-state index < -0.39 is 11.7 Å². The molecule has 0 saturated carbocycles. The highest BCUT2D eigenvalue weighted by atomic mass is 16.6. The number of hydrogen-bond acceptors (Lipinski definition) is 4. The summed E-state index contributed by atoms with van der Waals surface area (Å²) < 4.78 is 6.80. The number of ether oxygens (including phenoxy) is 1. The van der Waals surface area contributed by atoms with E-state index in [1.165, 1.54) is 9.58 Å². The molecule has 6 nitrogen and oxygen atoms in total. The van der Waals surface area contributed by atoms with Gasteiger partial charge in [0.2, 0.25) is 0 Å². The van der Waals surface area contributed by atoms with Gasteiger partial charge in [-0.1, -0.05) is 0 Å². The van der Waals surface area contributed by atoms with Crippen LogP contribution in [0.2, 0.25) is 0 Å². The first-order valence-corrected chi connectivity index (χ1v) is 6.20. The van der Waals surface area contributed by atoms with Gasteiger partial charge in [0.05, 0.1) is 0 Å². The normalized spacial score (nSPS) is 11.3. The summed E-state index contributed by atoms with van der Waals surface area (Å²) >= 11 is 0. The van der Waals surface area contributed by atoms with Crippen LogP contribution in [0.4, 0.5) is 10.6 Å². The van der Waals surface area contributed by atoms with Crippen molar-refractivity contribution in [3.05, 3.63) is 11.3 Å². The molecule has 0 atom stereocenters. The summed E-state index contributed by atoms with van der Waals surface area (Å²) in [6.45, 7) is 9.44. The Labute approximate surface area is 113 Å². The third-order valence-corrected chi connectivity index (χ3v) is 2.61. The molecule has 0 radical (unpaired) electrons. The van der Waals surface area contributed by atoms with Gasteiger partial charge in [0.15, 0.2) is 12.1 Å². The molecule has 6 heteroatoms. The van der Waals surface area contributed by atoms with Crippen molar-refractivity contribution in [2.75, 3.05) is 11.4 Å². The van der Waals surface area contributed by atoms with Crippen LogP contribution in [0.3, 0.4) is 0 Å². The second-order valence-corrected chi connectivity index (χ2v) is 5.30. The molecular formula is C13H21N3O3. The molecule has 0 saturated heterocycles. The summed E-state index contributed by atoms with van der Waals surface area (Å²) in [6, 6.07) is 0. The fraction of sp³-hybridized carbons (Fsp3) is 0.615. The first-order valence-electron chi connectivity index (χ1n) is 6.20. The third kappa shape index (κ3) is 3.33. The van der Waals surface area contributed by atoms with E-state index in [2.05, 4.69) is 5.10 Å². The van der Waals surface area contributed by atoms with Crippen molar-refractivity contribution >= 4 is 18.2 Å². The van der Waals surface area contributed by atoms with Gasteiger partial charge in [-0.3, -0.25) is 14.4 Å². The Morgan fingerprint density at radius 1 is 1.47 bits per heavy atom. The second kappa shape index (κ2) is 5.42. The van der Waals surface area contributed by atoms with Crippen molar-refractivity contribution < 1.29 is 14.3 Å². The molecule has 0 unspecified atom stereocenters. The maximum absolute atomic E-state index is 12.1. The third-order valence-electron chi connectivity index (χ3n) is 2.61. The monoisotopic (exact) mass is 267 g/mol. The molecule has 106 valence electrons. The fourth-order valence-electron chi connectivity index (χ4n) is 1.73. The first-order chi connectivity index (χ1) is 8.71. The standard InChI is InChI=1S/C13H21N3O3/c1-7-16(12(18)19-13(3,4)5)11-9(2)10(8-17)15(6)14-11/h8H,7H2,1-6H3. The molecule has 19 heavy (non-hydrogen) atoms. The van der Waals surface area contributed by atoms with Crippen molar-refractivity contribution in [1.82, 2.24) is 9.78 Å². The molecule has 1 rings (SSSR count). The number of anilines is 1. The molecule has 1 heterocycles. The van der Waals surface area contributed by atoms with Gasteiger partial charge >= 0.3 is 6.09 Å². The Kier molecular flexibility index (Phi) is 4.34. The minimum atomic E-state index is -0.569. The van der Waals surface area contributed by atoms with Crippen molar-refractivity contribution in [3.63, 3.8) is 0 Å². The lowest BCUT2D eigenvalue weighted by molar-refractivity contribution is 0.0580. The average molecular weight is 267 g/mol. The topological polar surface area (TPSA) is 64.4 Å². The number of aromatic nitrogens is 2. The molecular weight excluding hydrogens is 246 g/mol. The van der Waals surface area contributed by atoms with Gasteiger partial charge < -0.3 is 4.74 Å². The molecule has 1 aromatic heterocycles. The van der Waals surface area contributed by atoms with Crippen molar-refractivity contribution in [3.8, 4) is 0 Å². The SMILES string of the molecule is CCN(C(=O)OC(C)(C)C)c1nn(C)c(C=O)c1C. The Hall–Kier alpha value is -1.85. The minimum absolute atomic E-state index is 0.422. The Morgan fingerprint density at radius 3 is 2.42 bits per heavy atom. The minimum Gasteiger partial charge on any atom is -0.443 e. The average Bonchev–Trinajstić information content (AvgIpc) is 2.53. The van der Waals surface area contributed by atoms with Crippen LogP contribution in [0.5, 0.6) is 0 Å². The summed E-state index contributed by atoms with van der Waals surface area (Å²) in [5.41, 5.74) is 0.558. The Balaban J connectivity index is 3.11. The number of hydrogen-bond donors (Lipinski definition) is 0. The number of aryl methyl sites for hydroxylation is 1. The predicted molar refractivity (Wildman–Crippen MR) is 72.6 cm³/mol. The molecule has 0 aliphatic rings. The molecule has 0 N–H and O–H groups in total. The zero-order chi connectivity index (χ0) is 14.8. The summed E-state index contributed by atoms with van der Waals surface area (Å²) in [5, 5.41) is 4.21. The van der Waals surface area contributed by atoms with E-state index in [4.69, 9.17) is 4.74 Å². The van der Waals surface area contributed by atoms with Crippen molar-refractivity contribution in [1.29, 1.82) is 0 Å². The number of nitrogens with zero attached hydrogens (tertiary/aromatic N) is 3. The van der Waals surface area contributed by atoms with Crippen LogP contribution < -0.4 is 4.90 Å². The molecule has 1 amide bonds. The van der Waals surface area contributed by atoms with E-state index in [1.807, 2.05) is 6.92 Å². The number of aldehydes is 1. The van der Waals surface area contributed by atoms with Crippen molar-refractivity contribution in [2.24, 2.45) is 7.05 Å². The molecule has 0 aromatic carbocycles. The summed E-state index contributed by atoms with van der Waals surface area (Å²) in [4.78, 5) is 24.5. The highest BCUT2D eigenvalue weighted by Crippen LogP contribution is 2.22. The van der Waals surface area contributed by atoms with E-state index in [-0.39, 0.29) is 0 Å². The predicted octanol–water partition coefficient (Wildman–Crippen LogP) is 2.30. The number of carbonyl (C=O) groups excluding carboxylic acids is 2. The lowest BCUT2D eigenvalue weighted by Gasteiger charge is -2.25. The molecule has 0 aliphatic carbocycles. The summed E-state index contributed by atoms with van der Waals surface area (Å²) in [6.07, 6.45) is 0.267. The molecule has 1 aromatic rings. The van der Waals surface area contributed by atoms with Gasteiger partial charge in [0, 0.05) is 19.2 Å². The smallest absolute Gasteiger partial charge is 0.416 e. The quantitative estimate of drug-likeness (QED) is 0.788. The van der Waals surface area contributed by atoms with E-state index in [9.17, 15) is 9.59 Å². The summed E-state index contributed by atoms with van der Waals surface area (Å²) in [7, 11) is 1.67. The zero-order valence-electron chi connectivity index (χ0n) is 12.4. The molecule has 0 aliphatic heterocycles. The van der Waals surface area contributed by atoms with Crippen LogP contribution in [-0.4, -0.2) is 34.3 Å². The van der Waals surface area contributed by atoms with Gasteiger partial charge in [-0.05, 0) is 34.6 Å². The summed E-state index contributed by atoms with van der Waals surface area (Å²) in [5.74, 6) is 0.460. The van der Waals surface area contributed by atoms with Gasteiger partial charge in [-0.15, -0.1) is 0 Å². The molecule has 0 bridgehead atoms. The lowest BCUT2D eigenvalue weighted by atomic mass is 10.2. The van der Waals surface area contributed by atoms with Crippen LogP contribution >= 0.6 is 0 Å². The largest absolute Gasteiger partial charge is 0.443 e. The molecule has 0 spiro atoms. The number of rotatable bonds is 3. The zero-order valence-corrected chi connectivity index (χ0v) is 12.4. The maximum Gasteiger partial charge on any atom is 0.416 e. The van der Waals surface area contributed by atoms with Crippen LogP contribution in [0.1, 0.15) is 43.7 Å². The Bertz CT molecular complexity index is 486. The van der Waals surface area contributed by atoms with E-state index in [0.29, 0.717) is 23.6 Å². The van der Waals surface area contributed by atoms with E-state index in [1.54, 1.807) is 34.7 Å². The number of amides is 1. The van der Waals surface area contributed by atoms with Crippen LogP contribution in [0.25, 0.3) is 0 Å². The van der Waals surface area contributed by atoms with Crippen LogP contribution in [0, 0.1) is 6.92 Å². The lowest BCUT2D eigenvalue weighted by Crippen LogP contribution is -2.37. The second-order valence-electron chi connectivity index (χ2n) is 5.30. The Morgan fingerprint density at radius 2 is 2.05 bits per heavy atom.